The van der Waals surface area contributed by atoms with E-state index in [4.69, 9.17) is 10.1 Å². The van der Waals surface area contributed by atoms with Crippen LogP contribution in [0.1, 0.15) is 13.8 Å². The van der Waals surface area contributed by atoms with Gasteiger partial charge in [0, 0.05) is 0 Å². The molecule has 0 rings (SSSR count). The molecule has 0 saturated carbocycles. The second-order valence-electron chi connectivity index (χ2n) is 2.23. The number of carbonyl (C=O) groups excluding carboxylic acids is 1. The first-order valence-electron chi connectivity index (χ1n) is 3.18. The molecule has 14 heavy (non-hydrogen) atoms. The minimum absolute atomic E-state index is 0. The van der Waals surface area contributed by atoms with Crippen LogP contribution in [0, 0.1) is 0 Å². The summed E-state index contributed by atoms with van der Waals surface area (Å²) in [7, 11) is 0. The normalized spacial score (nSPS) is 7.64. The molecule has 0 saturated heterocycles. The van der Waals surface area contributed by atoms with Gasteiger partial charge in [0.2, 0.25) is 0 Å². The maximum Gasteiger partial charge on any atom is 1.00 e. The zero-order chi connectivity index (χ0) is 9.72. The number of thiocarbonyl (C=S) groups is 1. The van der Waals surface area contributed by atoms with Crippen molar-refractivity contribution in [2.75, 3.05) is 0 Å². The number of esters is 1. The molecule has 7 heteroatoms. The smallest absolute Gasteiger partial charge is 0.763 e. The van der Waals surface area contributed by atoms with Gasteiger partial charge in [0.25, 0.3) is 0 Å². The fraction of sp³-hybridized carbons (Fsp3) is 0.429. The van der Waals surface area contributed by atoms with Crippen LogP contribution >= 0.6 is 12.2 Å². The van der Waals surface area contributed by atoms with Gasteiger partial charge in [-0.25, -0.2) is 4.79 Å². The van der Waals surface area contributed by atoms with Gasteiger partial charge in [-0.2, -0.15) is 0 Å². The zero-order valence-corrected chi connectivity index (χ0v) is 16.5. The van der Waals surface area contributed by atoms with Gasteiger partial charge in [-0.15, -0.1) is 4.20 Å². The van der Waals surface area contributed by atoms with Crippen molar-refractivity contribution < 1.29 is 112 Å². The van der Waals surface area contributed by atoms with Gasteiger partial charge >= 0.3 is 109 Å². The maximum absolute atomic E-state index is 11.0. The third-order valence-corrected chi connectivity index (χ3v) is 1.27. The SMILES string of the molecule is CC(C)OC(=O)C(=C=[N-])C(=S)[S-].[K+].[K+]. The van der Waals surface area contributed by atoms with Crippen molar-refractivity contribution in [3.63, 3.8) is 0 Å². The second-order valence-corrected chi connectivity index (χ2v) is 3.30. The van der Waals surface area contributed by atoms with Crippen LogP contribution in [0.5, 0.6) is 0 Å². The van der Waals surface area contributed by atoms with E-state index in [9.17, 15) is 4.79 Å². The molecule has 0 unspecified atom stereocenters. The molecule has 0 aliphatic carbocycles. The molecule has 0 heterocycles. The molecule has 0 fully saturated rings. The van der Waals surface area contributed by atoms with Crippen LogP contribution in [-0.2, 0) is 22.2 Å². The molecule has 0 aliphatic rings. The first kappa shape index (κ1) is 21.8. The first-order chi connectivity index (χ1) is 5.49. The fourth-order valence-corrected chi connectivity index (χ4v) is 0.706. The van der Waals surface area contributed by atoms with Crippen molar-refractivity contribution >= 4 is 40.9 Å². The second kappa shape index (κ2) is 12.0. The van der Waals surface area contributed by atoms with Crippen molar-refractivity contribution in [1.29, 1.82) is 0 Å². The Morgan fingerprint density at radius 3 is 2.14 bits per heavy atom. The van der Waals surface area contributed by atoms with Crippen molar-refractivity contribution in [3.8, 4) is 0 Å². The quantitative estimate of drug-likeness (QED) is 0.130. The average molecular weight is 279 g/mol. The summed E-state index contributed by atoms with van der Waals surface area (Å²) in [5, 5.41) is 8.44. The van der Waals surface area contributed by atoms with Crippen LogP contribution in [0.4, 0.5) is 0 Å². The molecule has 0 amide bonds. The number of nitrogens with zero attached hydrogens (tertiary/aromatic N) is 1. The van der Waals surface area contributed by atoms with Crippen molar-refractivity contribution in [2.45, 2.75) is 20.0 Å². The number of hydrogen-bond acceptors (Lipinski definition) is 4. The molecule has 0 radical (unpaired) electrons. The third-order valence-electron chi connectivity index (χ3n) is 0.863. The minimum Gasteiger partial charge on any atom is -0.763 e. The molecule has 0 aliphatic heterocycles. The van der Waals surface area contributed by atoms with E-state index in [1.807, 2.05) is 0 Å². The Morgan fingerprint density at radius 1 is 1.50 bits per heavy atom. The molecule has 0 bridgehead atoms. The van der Waals surface area contributed by atoms with E-state index in [1.54, 1.807) is 19.7 Å². The summed E-state index contributed by atoms with van der Waals surface area (Å²) in [5.74, 6) is 0.860. The average Bonchev–Trinajstić information content (AvgIpc) is 1.85. The topological polar surface area (TPSA) is 48.6 Å². The molecule has 0 aromatic heterocycles. The summed E-state index contributed by atoms with van der Waals surface area (Å²) in [6.07, 6.45) is -0.273. The van der Waals surface area contributed by atoms with E-state index in [-0.39, 0.29) is 119 Å². The van der Waals surface area contributed by atoms with Crippen LogP contribution in [0.15, 0.2) is 5.57 Å². The number of ether oxygens (including phenoxy) is 1. The Balaban J connectivity index is -0.000000605. The van der Waals surface area contributed by atoms with Crippen LogP contribution in [0.3, 0.4) is 0 Å². The maximum atomic E-state index is 11.0. The summed E-state index contributed by atoms with van der Waals surface area (Å²) >= 11 is 9.00. The van der Waals surface area contributed by atoms with Gasteiger partial charge in [-0.05, 0) is 13.8 Å². The van der Waals surface area contributed by atoms with Crippen molar-refractivity contribution in [3.05, 3.63) is 11.0 Å². The van der Waals surface area contributed by atoms with Crippen LogP contribution < -0.4 is 103 Å². The summed E-state index contributed by atoms with van der Waals surface area (Å²) in [6, 6.07) is 0. The van der Waals surface area contributed by atoms with E-state index in [0.717, 1.165) is 0 Å². The Labute approximate surface area is 180 Å². The van der Waals surface area contributed by atoms with Crippen LogP contribution in [0.2, 0.25) is 0 Å². The molecule has 0 N–H and O–H groups in total. The van der Waals surface area contributed by atoms with Gasteiger partial charge in [0.15, 0.2) is 0 Å². The summed E-state index contributed by atoms with van der Waals surface area (Å²) in [4.78, 5) is 11.0. The largest absolute Gasteiger partial charge is 1.00 e. The van der Waals surface area contributed by atoms with Gasteiger partial charge in [0.1, 0.15) is 0 Å². The monoisotopic (exact) mass is 279 g/mol. The van der Waals surface area contributed by atoms with Crippen LogP contribution in [-0.4, -0.2) is 22.1 Å². The first-order valence-corrected chi connectivity index (χ1v) is 4.00. The van der Waals surface area contributed by atoms with Crippen molar-refractivity contribution in [2.24, 2.45) is 0 Å². The Morgan fingerprint density at radius 2 is 1.93 bits per heavy atom. The summed E-state index contributed by atoms with van der Waals surface area (Å²) in [6.45, 7) is 3.36. The Hall–Kier alpha value is 2.50. The zero-order valence-electron chi connectivity index (χ0n) is 8.66. The molecular formula is C7H7K2NO2S2. The number of carbonyl (C=O) groups is 1. The summed E-state index contributed by atoms with van der Waals surface area (Å²) in [5.41, 5.74) is -0.270. The minimum atomic E-state index is -0.743. The van der Waals surface area contributed by atoms with Gasteiger partial charge < -0.3 is 35.0 Å². The molecule has 0 aromatic carbocycles. The summed E-state index contributed by atoms with van der Waals surface area (Å²) < 4.78 is 4.56. The van der Waals surface area contributed by atoms with E-state index in [2.05, 4.69) is 24.8 Å². The van der Waals surface area contributed by atoms with Crippen molar-refractivity contribution in [1.82, 2.24) is 0 Å². The third kappa shape index (κ3) is 9.71. The standard InChI is InChI=1S/C7H8NO2S2.2K/c1-4(2)10-6(9)5(3-8)7(11)12;;/h4H,1-2H3,(H,11,12);;/q-1;2*+1/p-1. The number of rotatable bonds is 3. The van der Waals surface area contributed by atoms with Crippen LogP contribution in [0.25, 0.3) is 5.41 Å². The Kier molecular flexibility index (Phi) is 18.6. The Bertz CT molecular complexity index is 262. The predicted octanol–water partition coefficient (Wildman–Crippen LogP) is -5.01. The van der Waals surface area contributed by atoms with Gasteiger partial charge in [-0.1, -0.05) is 0 Å². The molecule has 0 aromatic rings. The van der Waals surface area contributed by atoms with E-state index in [0.29, 0.717) is 0 Å². The van der Waals surface area contributed by atoms with E-state index < -0.39 is 5.97 Å². The van der Waals surface area contributed by atoms with Gasteiger partial charge in [0.05, 0.1) is 11.7 Å². The molecule has 66 valence electrons. The molecular weight excluding hydrogens is 272 g/mol. The van der Waals surface area contributed by atoms with E-state index in [1.165, 1.54) is 0 Å². The van der Waals surface area contributed by atoms with E-state index >= 15 is 0 Å². The van der Waals surface area contributed by atoms with Gasteiger partial charge in [-0.3, -0.25) is 5.87 Å². The molecule has 0 atom stereocenters. The molecule has 0 spiro atoms. The number of hydrogen-bond donors (Lipinski definition) is 0. The fourth-order valence-electron chi connectivity index (χ4n) is 0.448. The molecule has 3 nitrogen and oxygen atoms in total. The predicted molar refractivity (Wildman–Crippen MR) is 53.1 cm³/mol.